The molecule has 0 aromatic carbocycles. The summed E-state index contributed by atoms with van der Waals surface area (Å²) < 4.78 is 4.89. The lowest BCUT2D eigenvalue weighted by Crippen LogP contribution is -2.19. The Balaban J connectivity index is 2.19. The summed E-state index contributed by atoms with van der Waals surface area (Å²) in [6.45, 7) is 4.87. The highest BCUT2D eigenvalue weighted by molar-refractivity contribution is 5.48. The van der Waals surface area contributed by atoms with Crippen molar-refractivity contribution in [1.82, 2.24) is 4.90 Å². The van der Waals surface area contributed by atoms with Gasteiger partial charge < -0.3 is 9.64 Å². The SMILES string of the molecule is C=CN(C=O)C[C@H]1CO1. The molecule has 1 aliphatic heterocycles. The van der Waals surface area contributed by atoms with Gasteiger partial charge in [0.2, 0.25) is 6.41 Å². The molecule has 1 amide bonds. The number of hydrogen-bond acceptors (Lipinski definition) is 2. The van der Waals surface area contributed by atoms with Gasteiger partial charge in [-0.1, -0.05) is 6.58 Å². The molecule has 3 heteroatoms. The number of epoxide rings is 1. The summed E-state index contributed by atoms with van der Waals surface area (Å²) in [6, 6.07) is 0. The van der Waals surface area contributed by atoms with Crippen LogP contribution in [0.5, 0.6) is 0 Å². The number of hydrogen-bond donors (Lipinski definition) is 0. The number of rotatable bonds is 4. The molecule has 9 heavy (non-hydrogen) atoms. The Morgan fingerprint density at radius 1 is 1.89 bits per heavy atom. The standard InChI is InChI=1S/C6H9NO2/c1-2-7(5-8)3-6-4-9-6/h2,5-6H,1,3-4H2/t6-/m0/s1. The quantitative estimate of drug-likeness (QED) is 0.393. The van der Waals surface area contributed by atoms with Crippen molar-refractivity contribution in [2.75, 3.05) is 13.2 Å². The second-order valence-corrected chi connectivity index (χ2v) is 1.94. The molecule has 0 saturated carbocycles. The molecule has 0 aliphatic carbocycles. The van der Waals surface area contributed by atoms with Crippen LogP contribution >= 0.6 is 0 Å². The molecule has 1 rings (SSSR count). The molecule has 0 spiro atoms. The third-order valence-corrected chi connectivity index (χ3v) is 1.19. The first-order valence-corrected chi connectivity index (χ1v) is 2.82. The van der Waals surface area contributed by atoms with Gasteiger partial charge in [-0.2, -0.15) is 0 Å². The van der Waals surface area contributed by atoms with Gasteiger partial charge in [0.15, 0.2) is 0 Å². The fourth-order valence-corrected chi connectivity index (χ4v) is 0.569. The zero-order valence-electron chi connectivity index (χ0n) is 5.12. The third kappa shape index (κ3) is 1.85. The van der Waals surface area contributed by atoms with Gasteiger partial charge in [0, 0.05) is 0 Å². The number of carbonyl (C=O) groups is 1. The Kier molecular flexibility index (Phi) is 1.85. The van der Waals surface area contributed by atoms with Crippen LogP contribution < -0.4 is 0 Å². The van der Waals surface area contributed by atoms with Crippen LogP contribution in [-0.4, -0.2) is 30.6 Å². The summed E-state index contributed by atoms with van der Waals surface area (Å²) in [5, 5.41) is 0. The van der Waals surface area contributed by atoms with Crippen LogP contribution in [0.15, 0.2) is 12.8 Å². The van der Waals surface area contributed by atoms with Gasteiger partial charge in [-0.15, -0.1) is 0 Å². The van der Waals surface area contributed by atoms with E-state index in [1.165, 1.54) is 11.1 Å². The number of nitrogens with zero attached hydrogens (tertiary/aromatic N) is 1. The first-order valence-electron chi connectivity index (χ1n) is 2.82. The molecule has 0 radical (unpaired) electrons. The summed E-state index contributed by atoms with van der Waals surface area (Å²) in [5.41, 5.74) is 0. The second-order valence-electron chi connectivity index (χ2n) is 1.94. The molecule has 1 saturated heterocycles. The molecular formula is C6H9NO2. The molecule has 0 aromatic rings. The molecule has 1 fully saturated rings. The lowest BCUT2D eigenvalue weighted by Gasteiger charge is -2.07. The number of carbonyl (C=O) groups excluding carboxylic acids is 1. The Labute approximate surface area is 53.9 Å². The first kappa shape index (κ1) is 6.29. The summed E-state index contributed by atoms with van der Waals surface area (Å²) >= 11 is 0. The summed E-state index contributed by atoms with van der Waals surface area (Å²) in [4.78, 5) is 11.6. The predicted molar refractivity (Wildman–Crippen MR) is 32.7 cm³/mol. The topological polar surface area (TPSA) is 32.8 Å². The highest BCUT2D eigenvalue weighted by Gasteiger charge is 2.23. The zero-order chi connectivity index (χ0) is 6.69. The Hall–Kier alpha value is -0.830. The molecule has 0 N–H and O–H groups in total. The minimum absolute atomic E-state index is 0.258. The highest BCUT2D eigenvalue weighted by atomic mass is 16.6. The van der Waals surface area contributed by atoms with Crippen molar-refractivity contribution in [2.24, 2.45) is 0 Å². The van der Waals surface area contributed by atoms with Crippen molar-refractivity contribution in [3.05, 3.63) is 12.8 Å². The van der Waals surface area contributed by atoms with E-state index in [2.05, 4.69) is 6.58 Å². The fourth-order valence-electron chi connectivity index (χ4n) is 0.569. The van der Waals surface area contributed by atoms with E-state index >= 15 is 0 Å². The summed E-state index contributed by atoms with van der Waals surface area (Å²) in [6.07, 6.45) is 2.50. The van der Waals surface area contributed by atoms with E-state index in [0.717, 1.165) is 13.0 Å². The van der Waals surface area contributed by atoms with Crippen molar-refractivity contribution in [2.45, 2.75) is 6.10 Å². The van der Waals surface area contributed by atoms with E-state index < -0.39 is 0 Å². The van der Waals surface area contributed by atoms with Crippen molar-refractivity contribution in [3.63, 3.8) is 0 Å². The van der Waals surface area contributed by atoms with Gasteiger partial charge in [0.1, 0.15) is 0 Å². The minimum Gasteiger partial charge on any atom is -0.371 e. The highest BCUT2D eigenvalue weighted by Crippen LogP contribution is 2.09. The van der Waals surface area contributed by atoms with Crippen molar-refractivity contribution < 1.29 is 9.53 Å². The Morgan fingerprint density at radius 2 is 2.56 bits per heavy atom. The monoisotopic (exact) mass is 127 g/mol. The van der Waals surface area contributed by atoms with Gasteiger partial charge in [0.05, 0.1) is 19.3 Å². The Morgan fingerprint density at radius 3 is 2.89 bits per heavy atom. The fraction of sp³-hybridized carbons (Fsp3) is 0.500. The predicted octanol–water partition coefficient (Wildman–Crippen LogP) is -0.0129. The number of amides is 1. The van der Waals surface area contributed by atoms with E-state index in [1.807, 2.05) is 0 Å². The van der Waals surface area contributed by atoms with Crippen LogP contribution in [0.25, 0.3) is 0 Å². The van der Waals surface area contributed by atoms with E-state index in [1.54, 1.807) is 0 Å². The first-order chi connectivity index (χ1) is 4.36. The maximum atomic E-state index is 10.1. The van der Waals surface area contributed by atoms with Gasteiger partial charge >= 0.3 is 0 Å². The molecule has 0 unspecified atom stereocenters. The van der Waals surface area contributed by atoms with Crippen LogP contribution in [0.4, 0.5) is 0 Å². The average Bonchev–Trinajstić information content (AvgIpc) is 2.66. The largest absolute Gasteiger partial charge is 0.371 e. The lowest BCUT2D eigenvalue weighted by atomic mass is 10.4. The molecular weight excluding hydrogens is 118 g/mol. The summed E-state index contributed by atoms with van der Waals surface area (Å²) in [5.74, 6) is 0. The van der Waals surface area contributed by atoms with Crippen LogP contribution in [0.2, 0.25) is 0 Å². The van der Waals surface area contributed by atoms with E-state index in [0.29, 0.717) is 6.54 Å². The van der Waals surface area contributed by atoms with Crippen molar-refractivity contribution in [1.29, 1.82) is 0 Å². The minimum atomic E-state index is 0.258. The van der Waals surface area contributed by atoms with Crippen LogP contribution in [0.3, 0.4) is 0 Å². The molecule has 1 aliphatic rings. The molecule has 1 atom stereocenters. The van der Waals surface area contributed by atoms with Gasteiger partial charge in [-0.25, -0.2) is 0 Å². The second kappa shape index (κ2) is 2.64. The van der Waals surface area contributed by atoms with Crippen molar-refractivity contribution >= 4 is 6.41 Å². The average molecular weight is 127 g/mol. The smallest absolute Gasteiger partial charge is 0.213 e. The maximum absolute atomic E-state index is 10.1. The summed E-state index contributed by atoms with van der Waals surface area (Å²) in [7, 11) is 0. The van der Waals surface area contributed by atoms with E-state index in [4.69, 9.17) is 4.74 Å². The van der Waals surface area contributed by atoms with Crippen LogP contribution in [0.1, 0.15) is 0 Å². The van der Waals surface area contributed by atoms with Crippen molar-refractivity contribution in [3.8, 4) is 0 Å². The van der Waals surface area contributed by atoms with Gasteiger partial charge in [0.25, 0.3) is 0 Å². The van der Waals surface area contributed by atoms with Crippen LogP contribution in [-0.2, 0) is 9.53 Å². The molecule has 3 nitrogen and oxygen atoms in total. The van der Waals surface area contributed by atoms with Crippen LogP contribution in [0, 0.1) is 0 Å². The van der Waals surface area contributed by atoms with Gasteiger partial charge in [-0.05, 0) is 6.20 Å². The lowest BCUT2D eigenvalue weighted by molar-refractivity contribution is -0.116. The Bertz CT molecular complexity index is 112. The van der Waals surface area contributed by atoms with Gasteiger partial charge in [-0.3, -0.25) is 4.79 Å². The number of ether oxygens (including phenoxy) is 1. The molecule has 0 aromatic heterocycles. The third-order valence-electron chi connectivity index (χ3n) is 1.19. The molecule has 50 valence electrons. The maximum Gasteiger partial charge on any atom is 0.213 e. The van der Waals surface area contributed by atoms with E-state index in [-0.39, 0.29) is 6.10 Å². The normalized spacial score (nSPS) is 22.9. The zero-order valence-corrected chi connectivity index (χ0v) is 5.12. The molecule has 0 bridgehead atoms. The van der Waals surface area contributed by atoms with E-state index in [9.17, 15) is 4.79 Å². The molecule has 1 heterocycles.